The molecule has 1 aromatic heterocycles. The summed E-state index contributed by atoms with van der Waals surface area (Å²) in [6.45, 7) is 5.48. The molecule has 154 valence electrons. The third-order valence-electron chi connectivity index (χ3n) is 5.45. The van der Waals surface area contributed by atoms with Crippen LogP contribution < -0.4 is 10.3 Å². The second-order valence-corrected chi connectivity index (χ2v) is 7.41. The Hall–Kier alpha value is -3.41. The average molecular weight is 403 g/mol. The lowest BCUT2D eigenvalue weighted by molar-refractivity contribution is -0.135. The molecule has 1 aliphatic rings. The smallest absolute Gasteiger partial charge is 0.267 e. The van der Waals surface area contributed by atoms with Gasteiger partial charge >= 0.3 is 0 Å². The number of benzene rings is 2. The highest BCUT2D eigenvalue weighted by Gasteiger charge is 2.26. The molecule has 0 fully saturated rings. The van der Waals surface area contributed by atoms with Crippen LogP contribution in [0.15, 0.2) is 65.5 Å². The van der Waals surface area contributed by atoms with Gasteiger partial charge in [-0.3, -0.25) is 9.59 Å². The lowest BCUT2D eigenvalue weighted by Gasteiger charge is -2.31. The van der Waals surface area contributed by atoms with Gasteiger partial charge in [0.15, 0.2) is 0 Å². The monoisotopic (exact) mass is 403 g/mol. The zero-order chi connectivity index (χ0) is 21.1. The van der Waals surface area contributed by atoms with Crippen LogP contribution in [-0.4, -0.2) is 33.7 Å². The van der Waals surface area contributed by atoms with Crippen LogP contribution in [0.2, 0.25) is 0 Å². The summed E-state index contributed by atoms with van der Waals surface area (Å²) in [4.78, 5) is 27.4. The molecule has 0 bridgehead atoms. The zero-order valence-electron chi connectivity index (χ0n) is 17.2. The van der Waals surface area contributed by atoms with Gasteiger partial charge in [0.05, 0.1) is 12.3 Å². The quantitative estimate of drug-likeness (QED) is 0.655. The highest BCUT2D eigenvalue weighted by Crippen LogP contribution is 2.23. The topological polar surface area (TPSA) is 64.4 Å². The largest absolute Gasteiger partial charge is 0.494 e. The van der Waals surface area contributed by atoms with E-state index in [-0.39, 0.29) is 11.5 Å². The molecular formula is C24H25N3O3. The van der Waals surface area contributed by atoms with E-state index in [4.69, 9.17) is 4.74 Å². The minimum Gasteiger partial charge on any atom is -0.494 e. The second-order valence-electron chi connectivity index (χ2n) is 7.41. The zero-order valence-corrected chi connectivity index (χ0v) is 17.2. The summed E-state index contributed by atoms with van der Waals surface area (Å²) in [6, 6.07) is 18.2. The number of rotatable bonds is 5. The number of aromatic nitrogens is 2. The van der Waals surface area contributed by atoms with E-state index in [1.54, 1.807) is 13.0 Å². The van der Waals surface area contributed by atoms with Crippen LogP contribution in [0.4, 0.5) is 0 Å². The van der Waals surface area contributed by atoms with E-state index in [0.29, 0.717) is 25.4 Å². The lowest BCUT2D eigenvalue weighted by atomic mass is 9.99. The van der Waals surface area contributed by atoms with Gasteiger partial charge in [-0.1, -0.05) is 24.3 Å². The normalized spacial score (nSPS) is 14.1. The molecule has 0 saturated heterocycles. The third kappa shape index (κ3) is 3.99. The first kappa shape index (κ1) is 19.9. The molecule has 1 atom stereocenters. The van der Waals surface area contributed by atoms with E-state index in [1.165, 1.54) is 16.3 Å². The van der Waals surface area contributed by atoms with Gasteiger partial charge in [-0.15, -0.1) is 0 Å². The van der Waals surface area contributed by atoms with Gasteiger partial charge in [-0.2, -0.15) is 5.10 Å². The summed E-state index contributed by atoms with van der Waals surface area (Å²) in [5.41, 5.74) is 3.65. The van der Waals surface area contributed by atoms with Crippen molar-refractivity contribution < 1.29 is 9.53 Å². The van der Waals surface area contributed by atoms with Crippen molar-refractivity contribution in [3.05, 3.63) is 82.1 Å². The number of nitrogens with zero attached hydrogens (tertiary/aromatic N) is 3. The van der Waals surface area contributed by atoms with Crippen LogP contribution in [0, 0.1) is 0 Å². The van der Waals surface area contributed by atoms with Crippen LogP contribution in [0.1, 0.15) is 31.0 Å². The first-order valence-electron chi connectivity index (χ1n) is 10.3. The molecule has 2 heterocycles. The van der Waals surface area contributed by atoms with Gasteiger partial charge < -0.3 is 9.64 Å². The van der Waals surface area contributed by atoms with E-state index >= 15 is 0 Å². The average Bonchev–Trinajstić information content (AvgIpc) is 2.79. The number of amides is 1. The second kappa shape index (κ2) is 8.53. The maximum atomic E-state index is 13.1. The molecule has 3 aromatic rings. The summed E-state index contributed by atoms with van der Waals surface area (Å²) >= 11 is 0. The molecule has 6 nitrogen and oxygen atoms in total. The summed E-state index contributed by atoms with van der Waals surface area (Å²) < 4.78 is 6.76. The van der Waals surface area contributed by atoms with Crippen LogP contribution in [-0.2, 0) is 17.8 Å². The molecule has 0 N–H and O–H groups in total. The Balaban J connectivity index is 1.56. The lowest BCUT2D eigenvalue weighted by Crippen LogP contribution is -2.42. The van der Waals surface area contributed by atoms with Crippen LogP contribution >= 0.6 is 0 Å². The standard InChI is InChI=1S/C24H25N3O3/c1-3-30-21-10-8-19(9-11-21)22-12-13-23(28)27(25-22)17(2)24(29)26-15-14-18-6-4-5-7-20(18)16-26/h4-13,17H,3,14-16H2,1-2H3. The number of fused-ring (bicyclic) bond motifs is 1. The van der Waals surface area contributed by atoms with Crippen molar-refractivity contribution in [1.82, 2.24) is 14.7 Å². The van der Waals surface area contributed by atoms with E-state index < -0.39 is 6.04 Å². The van der Waals surface area contributed by atoms with Gasteiger partial charge in [0.2, 0.25) is 5.91 Å². The molecule has 6 heteroatoms. The van der Waals surface area contributed by atoms with E-state index in [1.807, 2.05) is 48.2 Å². The number of hydrogen-bond acceptors (Lipinski definition) is 4. The molecule has 30 heavy (non-hydrogen) atoms. The number of carbonyl (C=O) groups is 1. The van der Waals surface area contributed by atoms with Gasteiger partial charge in [0, 0.05) is 24.7 Å². The number of ether oxygens (including phenoxy) is 1. The van der Waals surface area contributed by atoms with Crippen molar-refractivity contribution >= 4 is 5.91 Å². The van der Waals surface area contributed by atoms with Crippen molar-refractivity contribution in [3.8, 4) is 17.0 Å². The first-order valence-corrected chi connectivity index (χ1v) is 10.3. The Kier molecular flexibility index (Phi) is 5.65. The summed E-state index contributed by atoms with van der Waals surface area (Å²) in [6.07, 6.45) is 0.823. The fourth-order valence-corrected chi connectivity index (χ4v) is 3.80. The van der Waals surface area contributed by atoms with E-state index in [0.717, 1.165) is 23.3 Å². The molecule has 0 spiro atoms. The van der Waals surface area contributed by atoms with Crippen LogP contribution in [0.25, 0.3) is 11.3 Å². The molecule has 0 aliphatic carbocycles. The van der Waals surface area contributed by atoms with Crippen LogP contribution in [0.5, 0.6) is 5.75 Å². The third-order valence-corrected chi connectivity index (χ3v) is 5.45. The molecular weight excluding hydrogens is 378 g/mol. The maximum Gasteiger partial charge on any atom is 0.267 e. The Bertz CT molecular complexity index is 1110. The predicted octanol–water partition coefficient (Wildman–Crippen LogP) is 3.45. The molecule has 0 saturated carbocycles. The summed E-state index contributed by atoms with van der Waals surface area (Å²) in [5, 5.41) is 4.49. The van der Waals surface area contributed by atoms with Gasteiger partial charge in [-0.05, 0) is 61.7 Å². The predicted molar refractivity (Wildman–Crippen MR) is 115 cm³/mol. The van der Waals surface area contributed by atoms with Crippen molar-refractivity contribution in [2.75, 3.05) is 13.2 Å². The van der Waals surface area contributed by atoms with Crippen molar-refractivity contribution in [1.29, 1.82) is 0 Å². The Morgan fingerprint density at radius 1 is 1.07 bits per heavy atom. The molecule has 0 radical (unpaired) electrons. The first-order chi connectivity index (χ1) is 14.6. The number of hydrogen-bond donors (Lipinski definition) is 0. The van der Waals surface area contributed by atoms with Crippen molar-refractivity contribution in [3.63, 3.8) is 0 Å². The molecule has 2 aromatic carbocycles. The van der Waals surface area contributed by atoms with Gasteiger partial charge in [0.1, 0.15) is 11.8 Å². The Labute approximate surface area is 175 Å². The molecule has 1 amide bonds. The number of carbonyl (C=O) groups excluding carboxylic acids is 1. The minimum atomic E-state index is -0.676. The van der Waals surface area contributed by atoms with Gasteiger partial charge in [-0.25, -0.2) is 4.68 Å². The van der Waals surface area contributed by atoms with E-state index in [9.17, 15) is 9.59 Å². The highest BCUT2D eigenvalue weighted by atomic mass is 16.5. The highest BCUT2D eigenvalue weighted by molar-refractivity contribution is 5.80. The van der Waals surface area contributed by atoms with E-state index in [2.05, 4.69) is 17.2 Å². The summed E-state index contributed by atoms with van der Waals surface area (Å²) in [7, 11) is 0. The molecule has 4 rings (SSSR count). The minimum absolute atomic E-state index is 0.0945. The SMILES string of the molecule is CCOc1ccc(-c2ccc(=O)n(C(C)C(=O)N3CCc4ccccc4C3)n2)cc1. The Morgan fingerprint density at radius 3 is 2.53 bits per heavy atom. The van der Waals surface area contributed by atoms with Crippen molar-refractivity contribution in [2.24, 2.45) is 0 Å². The molecule has 1 aliphatic heterocycles. The maximum absolute atomic E-state index is 13.1. The Morgan fingerprint density at radius 2 is 1.80 bits per heavy atom. The van der Waals surface area contributed by atoms with Crippen LogP contribution in [0.3, 0.4) is 0 Å². The summed E-state index contributed by atoms with van der Waals surface area (Å²) in [5.74, 6) is 0.687. The van der Waals surface area contributed by atoms with Crippen molar-refractivity contribution in [2.45, 2.75) is 32.9 Å². The fraction of sp³-hybridized carbons (Fsp3) is 0.292. The molecule has 1 unspecified atom stereocenters. The fourth-order valence-electron chi connectivity index (χ4n) is 3.80. The van der Waals surface area contributed by atoms with Gasteiger partial charge in [0.25, 0.3) is 5.56 Å².